The molecule has 47 heavy (non-hydrogen) atoms. The van der Waals surface area contributed by atoms with Crippen LogP contribution >= 0.6 is 0 Å². The molecule has 0 fully saturated rings. The van der Waals surface area contributed by atoms with Gasteiger partial charge in [-0.3, -0.25) is 9.59 Å². The highest BCUT2D eigenvalue weighted by Crippen LogP contribution is 2.28. The van der Waals surface area contributed by atoms with Gasteiger partial charge in [-0.2, -0.15) is 0 Å². The third-order valence-electron chi connectivity index (χ3n) is 7.67. The summed E-state index contributed by atoms with van der Waals surface area (Å²) in [5, 5.41) is 4.92. The molecule has 0 aromatic heterocycles. The first-order valence-electron chi connectivity index (χ1n) is 15.6. The van der Waals surface area contributed by atoms with Crippen molar-refractivity contribution in [2.75, 3.05) is 54.6 Å². The van der Waals surface area contributed by atoms with E-state index in [1.165, 1.54) is 0 Å². The summed E-state index contributed by atoms with van der Waals surface area (Å²) in [7, 11) is 7.40. The Morgan fingerprint density at radius 1 is 0.681 bits per heavy atom. The smallest absolute Gasteiger partial charge is 0.253 e. The largest absolute Gasteiger partial charge is 0.491 e. The minimum absolute atomic E-state index is 0.0469. The molecule has 8 nitrogen and oxygen atoms in total. The fraction of sp³-hybridized carbons (Fsp3) is 0.231. The Balaban J connectivity index is 1.20. The molecule has 5 aromatic carbocycles. The van der Waals surface area contributed by atoms with Gasteiger partial charge in [0.15, 0.2) is 0 Å². The van der Waals surface area contributed by atoms with Gasteiger partial charge in [-0.05, 0) is 102 Å². The number of benzene rings is 5. The van der Waals surface area contributed by atoms with Crippen LogP contribution in [0.3, 0.4) is 0 Å². The Bertz CT molecular complexity index is 1820. The molecule has 0 aliphatic carbocycles. The lowest BCUT2D eigenvalue weighted by atomic mass is 10.0. The van der Waals surface area contributed by atoms with Gasteiger partial charge in [0.1, 0.15) is 23.9 Å². The van der Waals surface area contributed by atoms with Crippen LogP contribution in [0.5, 0.6) is 17.2 Å². The second-order valence-corrected chi connectivity index (χ2v) is 11.6. The van der Waals surface area contributed by atoms with Crippen molar-refractivity contribution in [3.63, 3.8) is 0 Å². The average molecular weight is 632 g/mol. The fourth-order valence-electron chi connectivity index (χ4n) is 5.15. The Hall–Kier alpha value is -5.18. The van der Waals surface area contributed by atoms with Crippen LogP contribution in [-0.4, -0.2) is 76.2 Å². The van der Waals surface area contributed by atoms with Crippen molar-refractivity contribution >= 4 is 22.6 Å². The minimum atomic E-state index is -0.129. The summed E-state index contributed by atoms with van der Waals surface area (Å²) >= 11 is 0. The van der Waals surface area contributed by atoms with Crippen LogP contribution in [0.15, 0.2) is 109 Å². The van der Waals surface area contributed by atoms with Gasteiger partial charge in [0.05, 0.1) is 6.61 Å². The molecule has 0 saturated carbocycles. The zero-order valence-corrected chi connectivity index (χ0v) is 27.4. The number of hydrogen-bond donors (Lipinski definition) is 1. The summed E-state index contributed by atoms with van der Waals surface area (Å²) in [6.45, 7) is 2.82. The number of likely N-dealkylation sites (N-methyl/N-ethyl adjacent to an activating group) is 1. The second kappa shape index (κ2) is 15.9. The van der Waals surface area contributed by atoms with E-state index in [1.807, 2.05) is 111 Å². The minimum Gasteiger partial charge on any atom is -0.491 e. The second-order valence-electron chi connectivity index (χ2n) is 11.6. The quantitative estimate of drug-likeness (QED) is 0.135. The predicted octanol–water partition coefficient (Wildman–Crippen LogP) is 6.89. The number of nitrogens with one attached hydrogen (secondary N) is 1. The average Bonchev–Trinajstić information content (AvgIpc) is 3.08. The van der Waals surface area contributed by atoms with Crippen molar-refractivity contribution < 1.29 is 23.8 Å². The summed E-state index contributed by atoms with van der Waals surface area (Å²) in [5.74, 6) is 1.86. The number of ether oxygens (including phenoxy) is 3. The van der Waals surface area contributed by atoms with E-state index in [1.54, 1.807) is 24.1 Å². The van der Waals surface area contributed by atoms with Gasteiger partial charge >= 0.3 is 0 Å². The standard InChI is InChI=1S/C39H41N3O5/c1-41(2)20-19-40-38(43)33-9-6-10-37(26-33)47-35-16-13-29(14-17-35)30-8-5-7-28(23-30)27-42(3)39(44)34-12-11-32-25-36(46-22-21-45-4)18-15-31(32)24-34/h5-18,23-26H,19-22,27H2,1-4H3,(H,40,43). The van der Waals surface area contributed by atoms with E-state index < -0.39 is 0 Å². The number of methoxy groups -OCH3 is 1. The van der Waals surface area contributed by atoms with Gasteiger partial charge in [0.2, 0.25) is 0 Å². The van der Waals surface area contributed by atoms with Gasteiger partial charge in [0.25, 0.3) is 11.8 Å². The van der Waals surface area contributed by atoms with Crippen LogP contribution in [0.1, 0.15) is 26.3 Å². The molecule has 242 valence electrons. The third-order valence-corrected chi connectivity index (χ3v) is 7.67. The van der Waals surface area contributed by atoms with Crippen LogP contribution in [0, 0.1) is 0 Å². The normalized spacial score (nSPS) is 11.0. The lowest BCUT2D eigenvalue weighted by molar-refractivity contribution is 0.0785. The van der Waals surface area contributed by atoms with Crippen molar-refractivity contribution in [1.82, 2.24) is 15.1 Å². The van der Waals surface area contributed by atoms with Crippen molar-refractivity contribution in [2.45, 2.75) is 6.54 Å². The summed E-state index contributed by atoms with van der Waals surface area (Å²) in [4.78, 5) is 29.6. The molecule has 2 amide bonds. The van der Waals surface area contributed by atoms with E-state index in [0.29, 0.717) is 48.9 Å². The van der Waals surface area contributed by atoms with E-state index >= 15 is 0 Å². The number of fused-ring (bicyclic) bond motifs is 1. The van der Waals surface area contributed by atoms with Gasteiger partial charge in [-0.15, -0.1) is 0 Å². The molecular weight excluding hydrogens is 590 g/mol. The number of hydrogen-bond acceptors (Lipinski definition) is 6. The third kappa shape index (κ3) is 9.19. The molecule has 0 aliphatic rings. The molecule has 1 N–H and O–H groups in total. The molecule has 8 heteroatoms. The summed E-state index contributed by atoms with van der Waals surface area (Å²) in [5.41, 5.74) is 4.29. The number of nitrogens with zero attached hydrogens (tertiary/aromatic N) is 2. The van der Waals surface area contributed by atoms with Crippen molar-refractivity contribution in [3.8, 4) is 28.4 Å². The van der Waals surface area contributed by atoms with Gasteiger partial charge in [0, 0.05) is 44.9 Å². The zero-order valence-electron chi connectivity index (χ0n) is 27.4. The number of carbonyl (C=O) groups excluding carboxylic acids is 2. The van der Waals surface area contributed by atoms with Gasteiger partial charge in [-0.1, -0.05) is 48.5 Å². The molecule has 5 rings (SSSR count). The van der Waals surface area contributed by atoms with E-state index in [4.69, 9.17) is 14.2 Å². The molecule has 0 aliphatic heterocycles. The highest BCUT2D eigenvalue weighted by atomic mass is 16.5. The zero-order chi connectivity index (χ0) is 33.2. The SMILES string of the molecule is COCCOc1ccc2cc(C(=O)N(C)Cc3cccc(-c4ccc(Oc5cccc(C(=O)NCCN(C)C)c5)cc4)c3)ccc2c1. The van der Waals surface area contributed by atoms with Crippen molar-refractivity contribution in [3.05, 3.63) is 126 Å². The summed E-state index contributed by atoms with van der Waals surface area (Å²) < 4.78 is 16.8. The molecule has 0 heterocycles. The van der Waals surface area contributed by atoms with Gasteiger partial charge < -0.3 is 29.3 Å². The Labute approximate surface area is 276 Å². The maximum absolute atomic E-state index is 13.4. The summed E-state index contributed by atoms with van der Waals surface area (Å²) in [6.07, 6.45) is 0. The number of amides is 2. The predicted molar refractivity (Wildman–Crippen MR) is 186 cm³/mol. The molecule has 5 aromatic rings. The first kappa shape index (κ1) is 33.2. The molecule has 0 radical (unpaired) electrons. The Kier molecular flexibility index (Phi) is 11.2. The van der Waals surface area contributed by atoms with Crippen LogP contribution in [-0.2, 0) is 11.3 Å². The highest BCUT2D eigenvalue weighted by molar-refractivity contribution is 5.98. The maximum Gasteiger partial charge on any atom is 0.253 e. The van der Waals surface area contributed by atoms with E-state index in [0.717, 1.165) is 39.8 Å². The first-order chi connectivity index (χ1) is 22.8. The molecule has 0 atom stereocenters. The van der Waals surface area contributed by atoms with E-state index in [2.05, 4.69) is 17.4 Å². The van der Waals surface area contributed by atoms with Crippen LogP contribution in [0.4, 0.5) is 0 Å². The molecule has 0 spiro atoms. The number of carbonyl (C=O) groups is 2. The highest BCUT2D eigenvalue weighted by Gasteiger charge is 2.14. The number of rotatable bonds is 14. The van der Waals surface area contributed by atoms with E-state index in [9.17, 15) is 9.59 Å². The summed E-state index contributed by atoms with van der Waals surface area (Å²) in [6, 6.07) is 34.8. The van der Waals surface area contributed by atoms with E-state index in [-0.39, 0.29) is 11.8 Å². The first-order valence-corrected chi connectivity index (χ1v) is 15.6. The molecule has 0 saturated heterocycles. The maximum atomic E-state index is 13.4. The van der Waals surface area contributed by atoms with Crippen LogP contribution in [0.25, 0.3) is 21.9 Å². The Morgan fingerprint density at radius 2 is 1.43 bits per heavy atom. The topological polar surface area (TPSA) is 80.3 Å². The van der Waals surface area contributed by atoms with Gasteiger partial charge in [-0.25, -0.2) is 0 Å². The molecule has 0 bridgehead atoms. The lowest BCUT2D eigenvalue weighted by Gasteiger charge is -2.18. The monoisotopic (exact) mass is 631 g/mol. The van der Waals surface area contributed by atoms with Crippen molar-refractivity contribution in [2.24, 2.45) is 0 Å². The molecular formula is C39H41N3O5. The van der Waals surface area contributed by atoms with Crippen molar-refractivity contribution in [1.29, 1.82) is 0 Å². The van der Waals surface area contributed by atoms with Crippen LogP contribution in [0.2, 0.25) is 0 Å². The van der Waals surface area contributed by atoms with Crippen LogP contribution < -0.4 is 14.8 Å². The molecule has 0 unspecified atom stereocenters. The lowest BCUT2D eigenvalue weighted by Crippen LogP contribution is -2.31. The Morgan fingerprint density at radius 3 is 2.21 bits per heavy atom. The fourth-order valence-corrected chi connectivity index (χ4v) is 5.15.